The third kappa shape index (κ3) is 5.47. The first-order chi connectivity index (χ1) is 11.5. The van der Waals surface area contributed by atoms with Gasteiger partial charge in [0.05, 0.1) is 6.54 Å². The van der Waals surface area contributed by atoms with Crippen LogP contribution in [-0.4, -0.2) is 30.0 Å². The molecular weight excluding hydrogens is 324 g/mol. The van der Waals surface area contributed by atoms with Crippen molar-refractivity contribution in [2.45, 2.75) is 25.4 Å². The Kier molecular flexibility index (Phi) is 6.52. The van der Waals surface area contributed by atoms with E-state index in [2.05, 4.69) is 10.6 Å². The van der Waals surface area contributed by atoms with Crippen LogP contribution in [0.2, 0.25) is 0 Å². The number of benzene rings is 1. The van der Waals surface area contributed by atoms with Gasteiger partial charge in [-0.15, -0.1) is 11.3 Å². The van der Waals surface area contributed by atoms with Crippen LogP contribution in [0, 0.1) is 0 Å². The van der Waals surface area contributed by atoms with Gasteiger partial charge in [-0.25, -0.2) is 0 Å². The molecule has 2 aromatic rings. The lowest BCUT2D eigenvalue weighted by molar-refractivity contribution is -0.139. The lowest BCUT2D eigenvalue weighted by Crippen LogP contribution is -2.45. The molecule has 5 nitrogen and oxygen atoms in total. The average Bonchev–Trinajstić information content (AvgIpc) is 3.13. The van der Waals surface area contributed by atoms with Gasteiger partial charge in [0.1, 0.15) is 5.60 Å². The van der Waals surface area contributed by atoms with Crippen LogP contribution in [0.25, 0.3) is 0 Å². The Balaban J connectivity index is 1.68. The van der Waals surface area contributed by atoms with Gasteiger partial charge in [-0.05, 0) is 36.8 Å². The van der Waals surface area contributed by atoms with Gasteiger partial charge < -0.3 is 15.7 Å². The van der Waals surface area contributed by atoms with Gasteiger partial charge in [0.15, 0.2) is 0 Å². The fourth-order valence-electron chi connectivity index (χ4n) is 2.22. The summed E-state index contributed by atoms with van der Waals surface area (Å²) >= 11 is 1.40. The van der Waals surface area contributed by atoms with Crippen LogP contribution in [0.15, 0.2) is 47.8 Å². The highest BCUT2D eigenvalue weighted by Crippen LogP contribution is 2.24. The van der Waals surface area contributed by atoms with E-state index >= 15 is 0 Å². The summed E-state index contributed by atoms with van der Waals surface area (Å²) in [6, 6.07) is 13.6. The van der Waals surface area contributed by atoms with E-state index in [4.69, 9.17) is 0 Å². The number of hydrogen-bond acceptors (Lipinski definition) is 4. The molecule has 1 aromatic carbocycles. The molecule has 3 N–H and O–H groups in total. The second-order valence-corrected chi connectivity index (χ2v) is 6.73. The topological polar surface area (TPSA) is 78.4 Å². The predicted molar refractivity (Wildman–Crippen MR) is 94.7 cm³/mol. The van der Waals surface area contributed by atoms with Crippen molar-refractivity contribution in [2.75, 3.05) is 13.1 Å². The fourth-order valence-corrected chi connectivity index (χ4v) is 3.01. The van der Waals surface area contributed by atoms with Crippen molar-refractivity contribution in [1.82, 2.24) is 10.6 Å². The molecule has 0 aliphatic rings. The van der Waals surface area contributed by atoms with Crippen molar-refractivity contribution in [2.24, 2.45) is 0 Å². The van der Waals surface area contributed by atoms with E-state index in [-0.39, 0.29) is 6.54 Å². The van der Waals surface area contributed by atoms with Crippen LogP contribution in [-0.2, 0) is 21.6 Å². The Labute approximate surface area is 145 Å². The van der Waals surface area contributed by atoms with E-state index in [0.29, 0.717) is 6.54 Å². The van der Waals surface area contributed by atoms with Crippen LogP contribution in [0.4, 0.5) is 0 Å². The molecule has 1 aromatic heterocycles. The molecule has 0 bridgehead atoms. The number of hydrogen-bond donors (Lipinski definition) is 3. The maximum atomic E-state index is 11.8. The minimum atomic E-state index is -1.18. The fraction of sp³-hybridized carbons (Fsp3) is 0.333. The quantitative estimate of drug-likeness (QED) is 0.529. The highest BCUT2D eigenvalue weighted by molar-refractivity contribution is 7.10. The molecule has 0 saturated heterocycles. The van der Waals surface area contributed by atoms with Gasteiger partial charge in [0, 0.05) is 11.4 Å². The Hall–Kier alpha value is -2.18. The van der Waals surface area contributed by atoms with Crippen LogP contribution in [0.5, 0.6) is 0 Å². The zero-order valence-corrected chi connectivity index (χ0v) is 14.4. The van der Waals surface area contributed by atoms with Crippen molar-refractivity contribution >= 4 is 23.2 Å². The summed E-state index contributed by atoms with van der Waals surface area (Å²) in [5.74, 6) is -1.41. The average molecular weight is 346 g/mol. The monoisotopic (exact) mass is 346 g/mol. The van der Waals surface area contributed by atoms with E-state index < -0.39 is 17.4 Å². The minimum Gasteiger partial charge on any atom is -0.383 e. The number of aryl methyl sites for hydroxylation is 1. The van der Waals surface area contributed by atoms with Gasteiger partial charge in [-0.1, -0.05) is 36.4 Å². The number of aliphatic hydroxyl groups is 1. The number of rotatable bonds is 7. The van der Waals surface area contributed by atoms with E-state index in [1.54, 1.807) is 13.0 Å². The molecular formula is C18H22N2O3S. The van der Waals surface area contributed by atoms with Gasteiger partial charge in [0.25, 0.3) is 0 Å². The van der Waals surface area contributed by atoms with E-state index in [1.165, 1.54) is 16.9 Å². The number of thiophene rings is 1. The molecule has 24 heavy (non-hydrogen) atoms. The normalized spacial score (nSPS) is 13.1. The van der Waals surface area contributed by atoms with Crippen molar-refractivity contribution in [3.05, 3.63) is 58.3 Å². The summed E-state index contributed by atoms with van der Waals surface area (Å²) in [5.41, 5.74) is 0.0143. The van der Waals surface area contributed by atoms with Crippen LogP contribution < -0.4 is 10.6 Å². The third-order valence-electron chi connectivity index (χ3n) is 3.62. The molecule has 0 saturated carbocycles. The van der Waals surface area contributed by atoms with Gasteiger partial charge in [-0.2, -0.15) is 0 Å². The second kappa shape index (κ2) is 8.61. The van der Waals surface area contributed by atoms with Gasteiger partial charge in [-0.3, -0.25) is 9.59 Å². The first-order valence-corrected chi connectivity index (χ1v) is 8.73. The van der Waals surface area contributed by atoms with E-state index in [9.17, 15) is 14.7 Å². The number of nitrogens with one attached hydrogen (secondary N) is 2. The maximum Gasteiger partial charge on any atom is 0.309 e. The maximum absolute atomic E-state index is 11.8. The summed E-state index contributed by atoms with van der Waals surface area (Å²) in [5, 5.41) is 17.2. The molecule has 2 rings (SSSR count). The Bertz CT molecular complexity index is 654. The molecule has 1 atom stereocenters. The minimum absolute atomic E-state index is 0.0101. The smallest absolute Gasteiger partial charge is 0.309 e. The van der Waals surface area contributed by atoms with Crippen LogP contribution in [0.1, 0.15) is 23.8 Å². The van der Waals surface area contributed by atoms with Crippen LogP contribution >= 0.6 is 11.3 Å². The molecule has 0 fully saturated rings. The van der Waals surface area contributed by atoms with Gasteiger partial charge >= 0.3 is 11.8 Å². The van der Waals surface area contributed by atoms with Crippen molar-refractivity contribution in [3.8, 4) is 0 Å². The first-order valence-electron chi connectivity index (χ1n) is 7.85. The second-order valence-electron chi connectivity index (χ2n) is 5.78. The summed E-state index contributed by atoms with van der Waals surface area (Å²) < 4.78 is 0. The molecule has 0 aliphatic carbocycles. The molecule has 0 aliphatic heterocycles. The zero-order valence-electron chi connectivity index (χ0n) is 13.6. The van der Waals surface area contributed by atoms with Crippen LogP contribution in [0.3, 0.4) is 0 Å². The van der Waals surface area contributed by atoms with E-state index in [0.717, 1.165) is 17.7 Å². The molecule has 1 unspecified atom stereocenters. The number of amides is 2. The van der Waals surface area contributed by atoms with Crippen molar-refractivity contribution in [1.29, 1.82) is 0 Å². The highest BCUT2D eigenvalue weighted by Gasteiger charge is 2.26. The molecule has 0 spiro atoms. The zero-order chi connectivity index (χ0) is 17.4. The molecule has 2 amide bonds. The standard InChI is InChI=1S/C18H22N2O3S/c1-18(23,15-10-6-12-24-15)13-20-17(22)16(21)19-11-5-9-14-7-3-2-4-8-14/h2-4,6-8,10,12,23H,5,9,11,13H2,1H3,(H,19,21)(H,20,22). The molecule has 6 heteroatoms. The van der Waals surface area contributed by atoms with Crippen molar-refractivity contribution < 1.29 is 14.7 Å². The largest absolute Gasteiger partial charge is 0.383 e. The summed E-state index contributed by atoms with van der Waals surface area (Å²) in [4.78, 5) is 24.3. The molecule has 1 heterocycles. The Morgan fingerprint density at radius 2 is 1.79 bits per heavy atom. The molecule has 0 radical (unpaired) electrons. The third-order valence-corrected chi connectivity index (χ3v) is 4.74. The highest BCUT2D eigenvalue weighted by atomic mass is 32.1. The summed E-state index contributed by atoms with van der Waals surface area (Å²) in [7, 11) is 0. The number of carbonyl (C=O) groups excluding carboxylic acids is 2. The lowest BCUT2D eigenvalue weighted by Gasteiger charge is -2.22. The number of carbonyl (C=O) groups is 2. The summed E-state index contributed by atoms with van der Waals surface area (Å²) in [6.45, 7) is 2.03. The van der Waals surface area contributed by atoms with Gasteiger partial charge in [0.2, 0.25) is 0 Å². The Morgan fingerprint density at radius 3 is 2.46 bits per heavy atom. The summed E-state index contributed by atoms with van der Waals surface area (Å²) in [6.07, 6.45) is 1.60. The molecule has 128 valence electrons. The Morgan fingerprint density at radius 1 is 1.08 bits per heavy atom. The SMILES string of the molecule is CC(O)(CNC(=O)C(=O)NCCCc1ccccc1)c1cccs1. The first kappa shape index (κ1) is 18.2. The van der Waals surface area contributed by atoms with E-state index in [1.807, 2.05) is 41.8 Å². The van der Waals surface area contributed by atoms with Crippen molar-refractivity contribution in [3.63, 3.8) is 0 Å². The predicted octanol–water partition coefficient (Wildman–Crippen LogP) is 1.82. The lowest BCUT2D eigenvalue weighted by atomic mass is 10.1.